The number of ether oxygens (including phenoxy) is 2. The zero-order chi connectivity index (χ0) is 20.3. The number of imidazole rings is 1. The molecule has 0 saturated heterocycles. The molecule has 150 valence electrons. The Hall–Kier alpha value is -3.03. The molecule has 2 aromatic rings. The van der Waals surface area contributed by atoms with Gasteiger partial charge in [-0.25, -0.2) is 14.6 Å². The Bertz CT molecular complexity index is 831. The Labute approximate surface area is 164 Å². The van der Waals surface area contributed by atoms with Crippen LogP contribution < -0.4 is 10.1 Å². The van der Waals surface area contributed by atoms with Crippen LogP contribution in [-0.2, 0) is 16.0 Å². The Morgan fingerprint density at radius 2 is 1.96 bits per heavy atom. The van der Waals surface area contributed by atoms with Gasteiger partial charge in [0.15, 0.2) is 0 Å². The summed E-state index contributed by atoms with van der Waals surface area (Å²) in [7, 11) is 2.93. The summed E-state index contributed by atoms with van der Waals surface area (Å²) in [5.74, 6) is 0.187. The third kappa shape index (κ3) is 3.81. The lowest BCUT2D eigenvalue weighted by atomic mass is 9.95. The topological polar surface area (TPSA) is 96.6 Å². The maximum absolute atomic E-state index is 13.1. The van der Waals surface area contributed by atoms with Gasteiger partial charge >= 0.3 is 12.0 Å². The lowest BCUT2D eigenvalue weighted by Gasteiger charge is -2.36. The molecule has 8 nitrogen and oxygen atoms in total. The fourth-order valence-corrected chi connectivity index (χ4v) is 3.46. The van der Waals surface area contributed by atoms with Crippen molar-refractivity contribution in [2.75, 3.05) is 20.8 Å². The molecule has 0 spiro atoms. The summed E-state index contributed by atoms with van der Waals surface area (Å²) < 4.78 is 10.1. The number of esters is 1. The van der Waals surface area contributed by atoms with Crippen LogP contribution in [-0.4, -0.2) is 53.7 Å². The molecule has 2 atom stereocenters. The van der Waals surface area contributed by atoms with E-state index in [4.69, 9.17) is 9.47 Å². The molecule has 0 fully saturated rings. The predicted octanol–water partition coefficient (Wildman–Crippen LogP) is 2.27. The van der Waals surface area contributed by atoms with Crippen LogP contribution in [0.4, 0.5) is 4.79 Å². The molecule has 1 aliphatic heterocycles. The van der Waals surface area contributed by atoms with Crippen molar-refractivity contribution in [3.8, 4) is 5.75 Å². The van der Waals surface area contributed by atoms with Gasteiger partial charge in [0.2, 0.25) is 0 Å². The zero-order valence-corrected chi connectivity index (χ0v) is 16.6. The molecule has 1 aromatic carbocycles. The van der Waals surface area contributed by atoms with E-state index in [1.54, 1.807) is 18.3 Å². The molecular formula is C20H26N4O4. The normalized spacial score (nSPS) is 17.0. The highest BCUT2D eigenvalue weighted by molar-refractivity contribution is 5.84. The highest BCUT2D eigenvalue weighted by atomic mass is 16.5. The fourth-order valence-electron chi connectivity index (χ4n) is 3.46. The number of nitrogens with zero attached hydrogens (tertiary/aromatic N) is 2. The van der Waals surface area contributed by atoms with Gasteiger partial charge in [0.05, 0.1) is 26.2 Å². The van der Waals surface area contributed by atoms with Crippen molar-refractivity contribution in [1.29, 1.82) is 0 Å². The third-order valence-electron chi connectivity index (χ3n) is 5.02. The van der Waals surface area contributed by atoms with E-state index in [9.17, 15) is 9.59 Å². The number of hydrogen-bond donors (Lipinski definition) is 2. The molecular weight excluding hydrogens is 360 g/mol. The first-order chi connectivity index (χ1) is 13.5. The van der Waals surface area contributed by atoms with Gasteiger partial charge in [-0.3, -0.25) is 0 Å². The molecule has 28 heavy (non-hydrogen) atoms. The van der Waals surface area contributed by atoms with Crippen LogP contribution in [0.1, 0.15) is 36.8 Å². The summed E-state index contributed by atoms with van der Waals surface area (Å²) >= 11 is 0. The number of aromatic nitrogens is 2. The first kappa shape index (κ1) is 19.7. The number of aromatic amines is 1. The van der Waals surface area contributed by atoms with Crippen molar-refractivity contribution >= 4 is 12.0 Å². The quantitative estimate of drug-likeness (QED) is 0.769. The number of H-pyrrole nitrogens is 1. The molecule has 2 N–H and O–H groups in total. The average Bonchev–Trinajstić information content (AvgIpc) is 3.19. The second-order valence-corrected chi connectivity index (χ2v) is 7.08. The van der Waals surface area contributed by atoms with Crippen LogP contribution >= 0.6 is 0 Å². The lowest BCUT2D eigenvalue weighted by molar-refractivity contribution is -0.144. The van der Waals surface area contributed by atoms with Gasteiger partial charge in [0.25, 0.3) is 0 Å². The van der Waals surface area contributed by atoms with Crippen LogP contribution in [0.25, 0.3) is 0 Å². The smallest absolute Gasteiger partial charge is 0.328 e. The molecule has 1 aromatic heterocycles. The van der Waals surface area contributed by atoms with Gasteiger partial charge in [0.1, 0.15) is 17.8 Å². The Morgan fingerprint density at radius 3 is 2.57 bits per heavy atom. The summed E-state index contributed by atoms with van der Waals surface area (Å²) in [5.41, 5.74) is 2.74. The largest absolute Gasteiger partial charge is 0.497 e. The number of hydrogen-bond acceptors (Lipinski definition) is 5. The second-order valence-electron chi connectivity index (χ2n) is 7.08. The molecule has 0 aliphatic carbocycles. The number of amides is 2. The maximum atomic E-state index is 13.1. The van der Waals surface area contributed by atoms with Crippen molar-refractivity contribution in [3.63, 3.8) is 0 Å². The van der Waals surface area contributed by atoms with E-state index < -0.39 is 12.0 Å². The predicted molar refractivity (Wildman–Crippen MR) is 103 cm³/mol. The highest BCUT2D eigenvalue weighted by Crippen LogP contribution is 2.34. The Balaban J connectivity index is 1.91. The minimum atomic E-state index is -0.713. The first-order valence-corrected chi connectivity index (χ1v) is 9.27. The van der Waals surface area contributed by atoms with E-state index in [1.165, 1.54) is 7.11 Å². The summed E-state index contributed by atoms with van der Waals surface area (Å²) in [6.45, 7) is 4.24. The molecule has 1 aliphatic rings. The number of nitrogens with one attached hydrogen (secondary N) is 2. The number of methoxy groups -OCH3 is 2. The van der Waals surface area contributed by atoms with E-state index in [0.29, 0.717) is 13.0 Å². The third-order valence-corrected chi connectivity index (χ3v) is 5.02. The van der Waals surface area contributed by atoms with Gasteiger partial charge in [-0.1, -0.05) is 26.0 Å². The minimum absolute atomic E-state index is 0.0958. The van der Waals surface area contributed by atoms with Gasteiger partial charge < -0.3 is 24.7 Å². The van der Waals surface area contributed by atoms with Crippen molar-refractivity contribution in [2.45, 2.75) is 32.4 Å². The molecule has 0 bridgehead atoms. The summed E-state index contributed by atoms with van der Waals surface area (Å²) in [5, 5.41) is 2.83. The van der Waals surface area contributed by atoms with Crippen LogP contribution in [0.3, 0.4) is 0 Å². The van der Waals surface area contributed by atoms with Crippen LogP contribution in [0.5, 0.6) is 5.75 Å². The Kier molecular flexibility index (Phi) is 5.87. The molecule has 3 rings (SSSR count). The van der Waals surface area contributed by atoms with E-state index in [-0.39, 0.29) is 18.0 Å². The number of fused-ring (bicyclic) bond motifs is 1. The number of carbonyl (C=O) groups is 2. The van der Waals surface area contributed by atoms with Gasteiger partial charge in [-0.05, 0) is 23.6 Å². The molecule has 2 heterocycles. The van der Waals surface area contributed by atoms with Gasteiger partial charge in [0, 0.05) is 18.7 Å². The van der Waals surface area contributed by atoms with Crippen molar-refractivity contribution in [3.05, 3.63) is 47.5 Å². The average molecular weight is 386 g/mol. The van der Waals surface area contributed by atoms with E-state index in [2.05, 4.69) is 15.3 Å². The van der Waals surface area contributed by atoms with E-state index >= 15 is 0 Å². The number of rotatable bonds is 5. The number of urea groups is 1. The van der Waals surface area contributed by atoms with Crippen LogP contribution in [0.2, 0.25) is 0 Å². The maximum Gasteiger partial charge on any atom is 0.328 e. The van der Waals surface area contributed by atoms with E-state index in [1.807, 2.05) is 38.1 Å². The van der Waals surface area contributed by atoms with Gasteiger partial charge in [-0.2, -0.15) is 0 Å². The Morgan fingerprint density at radius 1 is 1.25 bits per heavy atom. The molecule has 2 amide bonds. The molecule has 0 saturated carbocycles. The van der Waals surface area contributed by atoms with Crippen molar-refractivity contribution in [1.82, 2.24) is 20.2 Å². The lowest BCUT2D eigenvalue weighted by Crippen LogP contribution is -2.53. The molecule has 8 heteroatoms. The minimum Gasteiger partial charge on any atom is -0.497 e. The summed E-state index contributed by atoms with van der Waals surface area (Å²) in [6.07, 6.45) is 2.31. The second kappa shape index (κ2) is 8.33. The number of carbonyl (C=O) groups excluding carboxylic acids is 2. The summed E-state index contributed by atoms with van der Waals surface area (Å²) in [6, 6.07) is 6.18. The SMILES string of the molecule is COC(=O)[C@H](NC(=O)N1CCc2[nH]cnc2[C@H]1c1ccc(OC)cc1)C(C)C. The van der Waals surface area contributed by atoms with Crippen molar-refractivity contribution in [2.24, 2.45) is 5.92 Å². The highest BCUT2D eigenvalue weighted by Gasteiger charge is 2.36. The monoisotopic (exact) mass is 386 g/mol. The van der Waals surface area contributed by atoms with Crippen LogP contribution in [0, 0.1) is 5.92 Å². The fraction of sp³-hybridized carbons (Fsp3) is 0.450. The van der Waals surface area contributed by atoms with Crippen molar-refractivity contribution < 1.29 is 19.1 Å². The first-order valence-electron chi connectivity index (χ1n) is 9.27. The van der Waals surface area contributed by atoms with Crippen LogP contribution in [0.15, 0.2) is 30.6 Å². The van der Waals surface area contributed by atoms with E-state index in [0.717, 1.165) is 22.7 Å². The molecule has 0 unspecified atom stereocenters. The zero-order valence-electron chi connectivity index (χ0n) is 16.6. The standard InChI is InChI=1S/C20H26N4O4/c1-12(2)16(19(25)28-4)23-20(26)24-10-9-15-17(22-11-21-15)18(24)13-5-7-14(27-3)8-6-13/h5-8,11-12,16,18H,9-10H2,1-4H3,(H,21,22)(H,23,26)/t16-,18-/m1/s1. The molecule has 0 radical (unpaired) electrons. The number of benzene rings is 1. The van der Waals surface area contributed by atoms with Gasteiger partial charge in [-0.15, -0.1) is 0 Å². The summed E-state index contributed by atoms with van der Waals surface area (Å²) in [4.78, 5) is 34.5.